The molecule has 16 heavy (non-hydrogen) atoms. The van der Waals surface area contributed by atoms with E-state index in [-0.39, 0.29) is 0 Å². The fourth-order valence-electron chi connectivity index (χ4n) is 1.49. The minimum Gasteiger partial charge on any atom is -0.478 e. The summed E-state index contributed by atoms with van der Waals surface area (Å²) < 4.78 is 0. The molecule has 86 valence electrons. The lowest BCUT2D eigenvalue weighted by Gasteiger charge is -2.13. The monoisotopic (exact) mass is 219 g/mol. The molecule has 3 nitrogen and oxygen atoms in total. The molecule has 3 heteroatoms. The molecule has 0 unspecified atom stereocenters. The van der Waals surface area contributed by atoms with E-state index in [1.54, 1.807) is 6.08 Å². The number of rotatable bonds is 5. The molecule has 1 aromatic rings. The van der Waals surface area contributed by atoms with E-state index in [9.17, 15) is 4.79 Å². The van der Waals surface area contributed by atoms with Gasteiger partial charge in [0.1, 0.15) is 0 Å². The van der Waals surface area contributed by atoms with Gasteiger partial charge in [0.25, 0.3) is 0 Å². The van der Waals surface area contributed by atoms with Crippen LogP contribution in [0.5, 0.6) is 0 Å². The van der Waals surface area contributed by atoms with E-state index in [1.807, 2.05) is 18.2 Å². The topological polar surface area (TPSA) is 49.3 Å². The number of carboxylic acid groups (broad SMARTS) is 1. The number of nitrogens with one attached hydrogen (secondary N) is 1. The van der Waals surface area contributed by atoms with Gasteiger partial charge in [-0.25, -0.2) is 4.79 Å². The normalized spacial score (nSPS) is 10.9. The fourth-order valence-corrected chi connectivity index (χ4v) is 1.49. The second-order valence-corrected chi connectivity index (χ2v) is 3.86. The first-order valence-electron chi connectivity index (χ1n) is 5.33. The van der Waals surface area contributed by atoms with E-state index in [1.165, 1.54) is 5.56 Å². The largest absolute Gasteiger partial charge is 0.478 e. The summed E-state index contributed by atoms with van der Waals surface area (Å²) in [6, 6.07) is 8.06. The second kappa shape index (κ2) is 5.95. The van der Waals surface area contributed by atoms with Gasteiger partial charge in [0.2, 0.25) is 0 Å². The Balaban J connectivity index is 2.63. The summed E-state index contributed by atoms with van der Waals surface area (Å²) in [6.45, 7) is 4.79. The van der Waals surface area contributed by atoms with E-state index in [2.05, 4.69) is 25.2 Å². The van der Waals surface area contributed by atoms with Crippen LogP contribution in [0.3, 0.4) is 0 Å². The molecule has 0 saturated carbocycles. The molecule has 0 radical (unpaired) electrons. The van der Waals surface area contributed by atoms with Crippen LogP contribution >= 0.6 is 0 Å². The highest BCUT2D eigenvalue weighted by Gasteiger charge is 2.03. The third-order valence-electron chi connectivity index (χ3n) is 2.25. The van der Waals surface area contributed by atoms with Gasteiger partial charge in [-0.05, 0) is 17.5 Å². The quantitative estimate of drug-likeness (QED) is 0.749. The molecular weight excluding hydrogens is 202 g/mol. The first-order valence-corrected chi connectivity index (χ1v) is 5.33. The molecule has 0 fully saturated rings. The average molecular weight is 219 g/mol. The van der Waals surface area contributed by atoms with Gasteiger partial charge in [0, 0.05) is 18.3 Å². The van der Waals surface area contributed by atoms with Crippen molar-refractivity contribution in [3.8, 4) is 0 Å². The number of hydrogen-bond donors (Lipinski definition) is 2. The molecule has 0 aliphatic carbocycles. The first kappa shape index (κ1) is 12.3. The molecule has 1 rings (SSSR count). The number of benzene rings is 1. The summed E-state index contributed by atoms with van der Waals surface area (Å²) in [5.41, 5.74) is 2.30. The van der Waals surface area contributed by atoms with Gasteiger partial charge >= 0.3 is 5.97 Å². The Morgan fingerprint density at radius 1 is 1.44 bits per heavy atom. The molecule has 0 saturated heterocycles. The van der Waals surface area contributed by atoms with E-state index in [0.717, 1.165) is 11.8 Å². The van der Waals surface area contributed by atoms with Crippen molar-refractivity contribution >= 4 is 11.7 Å². The standard InChI is InChI=1S/C13H17NO2/c1-10(2)11-6-3-4-7-12(11)14-9-5-8-13(15)16/h3-8,10,14H,9H2,1-2H3,(H,15,16)/b8-5+. The SMILES string of the molecule is CC(C)c1ccccc1NC/C=C/C(=O)O. The van der Waals surface area contributed by atoms with E-state index >= 15 is 0 Å². The lowest BCUT2D eigenvalue weighted by Crippen LogP contribution is -2.03. The Hall–Kier alpha value is -1.77. The molecule has 0 atom stereocenters. The Morgan fingerprint density at radius 3 is 2.75 bits per heavy atom. The van der Waals surface area contributed by atoms with Crippen LogP contribution < -0.4 is 5.32 Å². The van der Waals surface area contributed by atoms with Crippen molar-refractivity contribution in [2.75, 3.05) is 11.9 Å². The molecule has 1 aromatic carbocycles. The molecule has 0 spiro atoms. The molecule has 0 aliphatic rings. The fraction of sp³-hybridized carbons (Fsp3) is 0.308. The van der Waals surface area contributed by atoms with Gasteiger partial charge in [0.05, 0.1) is 0 Å². The highest BCUT2D eigenvalue weighted by molar-refractivity contribution is 5.79. The average Bonchev–Trinajstić information content (AvgIpc) is 2.24. The number of anilines is 1. The number of carbonyl (C=O) groups is 1. The molecule has 0 bridgehead atoms. The van der Waals surface area contributed by atoms with Crippen LogP contribution in [0.1, 0.15) is 25.3 Å². The van der Waals surface area contributed by atoms with Gasteiger partial charge in [-0.15, -0.1) is 0 Å². The maximum Gasteiger partial charge on any atom is 0.328 e. The number of aliphatic carboxylic acids is 1. The molecule has 0 heterocycles. The Kier molecular flexibility index (Phi) is 4.58. The predicted octanol–water partition coefficient (Wildman–Crippen LogP) is 2.86. The summed E-state index contributed by atoms with van der Waals surface area (Å²) >= 11 is 0. The van der Waals surface area contributed by atoms with Crippen LogP contribution in [0.2, 0.25) is 0 Å². The Labute approximate surface area is 95.8 Å². The molecule has 0 amide bonds. The van der Waals surface area contributed by atoms with Crippen molar-refractivity contribution < 1.29 is 9.90 Å². The van der Waals surface area contributed by atoms with Gasteiger partial charge in [0.15, 0.2) is 0 Å². The molecule has 2 N–H and O–H groups in total. The summed E-state index contributed by atoms with van der Waals surface area (Å²) in [5.74, 6) is -0.467. The maximum absolute atomic E-state index is 10.3. The lowest BCUT2D eigenvalue weighted by atomic mass is 10.0. The number of para-hydroxylation sites is 1. The smallest absolute Gasteiger partial charge is 0.328 e. The minimum atomic E-state index is -0.918. The zero-order valence-electron chi connectivity index (χ0n) is 9.60. The highest BCUT2D eigenvalue weighted by Crippen LogP contribution is 2.23. The van der Waals surface area contributed by atoms with Crippen LogP contribution in [-0.4, -0.2) is 17.6 Å². The second-order valence-electron chi connectivity index (χ2n) is 3.86. The summed E-state index contributed by atoms with van der Waals surface area (Å²) in [5, 5.41) is 11.6. The zero-order valence-corrected chi connectivity index (χ0v) is 9.60. The maximum atomic E-state index is 10.3. The molecule has 0 aliphatic heterocycles. The van der Waals surface area contributed by atoms with Crippen LogP contribution in [-0.2, 0) is 4.79 Å². The Morgan fingerprint density at radius 2 is 2.12 bits per heavy atom. The van der Waals surface area contributed by atoms with Crippen molar-refractivity contribution in [2.24, 2.45) is 0 Å². The van der Waals surface area contributed by atoms with E-state index in [0.29, 0.717) is 12.5 Å². The van der Waals surface area contributed by atoms with Crippen molar-refractivity contribution in [3.63, 3.8) is 0 Å². The van der Waals surface area contributed by atoms with Crippen molar-refractivity contribution in [1.29, 1.82) is 0 Å². The third-order valence-corrected chi connectivity index (χ3v) is 2.25. The van der Waals surface area contributed by atoms with Gasteiger partial charge < -0.3 is 10.4 Å². The molecule has 0 aromatic heterocycles. The highest BCUT2D eigenvalue weighted by atomic mass is 16.4. The van der Waals surface area contributed by atoms with Crippen LogP contribution in [0.25, 0.3) is 0 Å². The number of carboxylic acids is 1. The summed E-state index contributed by atoms with van der Waals surface area (Å²) in [7, 11) is 0. The van der Waals surface area contributed by atoms with Crippen molar-refractivity contribution in [3.05, 3.63) is 42.0 Å². The zero-order chi connectivity index (χ0) is 12.0. The van der Waals surface area contributed by atoms with Crippen LogP contribution in [0.15, 0.2) is 36.4 Å². The van der Waals surface area contributed by atoms with Crippen molar-refractivity contribution in [1.82, 2.24) is 0 Å². The van der Waals surface area contributed by atoms with Crippen molar-refractivity contribution in [2.45, 2.75) is 19.8 Å². The Bertz CT molecular complexity index is 383. The van der Waals surface area contributed by atoms with Crippen LogP contribution in [0, 0.1) is 0 Å². The van der Waals surface area contributed by atoms with Gasteiger partial charge in [-0.2, -0.15) is 0 Å². The first-order chi connectivity index (χ1) is 7.61. The predicted molar refractivity (Wildman–Crippen MR) is 65.8 cm³/mol. The van der Waals surface area contributed by atoms with Crippen LogP contribution in [0.4, 0.5) is 5.69 Å². The van der Waals surface area contributed by atoms with E-state index in [4.69, 9.17) is 5.11 Å². The van der Waals surface area contributed by atoms with Gasteiger partial charge in [-0.1, -0.05) is 38.1 Å². The summed E-state index contributed by atoms with van der Waals surface area (Å²) in [6.07, 6.45) is 2.74. The third kappa shape index (κ3) is 3.77. The van der Waals surface area contributed by atoms with Gasteiger partial charge in [-0.3, -0.25) is 0 Å². The number of hydrogen-bond acceptors (Lipinski definition) is 2. The van der Waals surface area contributed by atoms with E-state index < -0.39 is 5.97 Å². The molecular formula is C13H17NO2. The summed E-state index contributed by atoms with van der Waals surface area (Å²) in [4.78, 5) is 10.3. The minimum absolute atomic E-state index is 0.451. The lowest BCUT2D eigenvalue weighted by molar-refractivity contribution is -0.131.